The zero-order valence-corrected chi connectivity index (χ0v) is 10.9. The van der Waals surface area contributed by atoms with Crippen LogP contribution >= 0.6 is 0 Å². The molecule has 0 saturated heterocycles. The maximum absolute atomic E-state index is 5.58. The van der Waals surface area contributed by atoms with Crippen LogP contribution < -0.4 is 10.1 Å². The van der Waals surface area contributed by atoms with Crippen LogP contribution in [-0.4, -0.2) is 19.7 Å². The Hall–Kier alpha value is -1.46. The highest BCUT2D eigenvalue weighted by Gasteiger charge is 2.00. The van der Waals surface area contributed by atoms with E-state index in [0.29, 0.717) is 12.6 Å². The first-order chi connectivity index (χ1) is 8.26. The van der Waals surface area contributed by atoms with Crippen LogP contribution in [0.15, 0.2) is 24.3 Å². The molecule has 0 amide bonds. The summed E-state index contributed by atoms with van der Waals surface area (Å²) in [5.74, 6) is 6.75. The Bertz CT molecular complexity index is 372. The van der Waals surface area contributed by atoms with Gasteiger partial charge in [-0.2, -0.15) is 0 Å². The largest absolute Gasteiger partial charge is 0.493 e. The molecule has 0 aromatic heterocycles. The summed E-state index contributed by atoms with van der Waals surface area (Å²) in [7, 11) is 1.98. The van der Waals surface area contributed by atoms with E-state index in [4.69, 9.17) is 4.74 Å². The number of hydrogen-bond acceptors (Lipinski definition) is 2. The van der Waals surface area contributed by atoms with Crippen molar-refractivity contribution in [2.24, 2.45) is 0 Å². The number of likely N-dealkylation sites (N-methyl/N-ethyl adjacent to an activating group) is 1. The minimum absolute atomic E-state index is 0.501. The van der Waals surface area contributed by atoms with E-state index in [2.05, 4.69) is 36.2 Å². The van der Waals surface area contributed by atoms with Gasteiger partial charge in [0, 0.05) is 12.5 Å². The van der Waals surface area contributed by atoms with Crippen molar-refractivity contribution >= 4 is 0 Å². The monoisotopic (exact) mass is 231 g/mol. The zero-order valence-electron chi connectivity index (χ0n) is 10.9. The van der Waals surface area contributed by atoms with E-state index in [9.17, 15) is 0 Å². The Morgan fingerprint density at radius 1 is 1.29 bits per heavy atom. The van der Waals surface area contributed by atoms with Crippen molar-refractivity contribution in [1.82, 2.24) is 5.32 Å². The fourth-order valence-corrected chi connectivity index (χ4v) is 1.52. The molecule has 0 heterocycles. The van der Waals surface area contributed by atoms with Crippen molar-refractivity contribution in [3.63, 3.8) is 0 Å². The third kappa shape index (κ3) is 5.42. The van der Waals surface area contributed by atoms with Crippen molar-refractivity contribution in [3.05, 3.63) is 29.8 Å². The summed E-state index contributed by atoms with van der Waals surface area (Å²) in [6, 6.07) is 8.79. The molecule has 1 N–H and O–H groups in total. The zero-order chi connectivity index (χ0) is 12.5. The molecule has 0 aliphatic carbocycles. The van der Waals surface area contributed by atoms with Crippen molar-refractivity contribution in [2.45, 2.75) is 32.7 Å². The van der Waals surface area contributed by atoms with Gasteiger partial charge in [0.25, 0.3) is 0 Å². The summed E-state index contributed by atoms with van der Waals surface area (Å²) < 4.78 is 5.58. The number of nitrogens with one attached hydrogen (secondary N) is 1. The molecule has 0 bridgehead atoms. The molecule has 17 heavy (non-hydrogen) atoms. The predicted molar refractivity (Wildman–Crippen MR) is 72.2 cm³/mol. The number of rotatable bonds is 6. The molecule has 0 radical (unpaired) electrons. The van der Waals surface area contributed by atoms with Gasteiger partial charge in [-0.3, -0.25) is 0 Å². The summed E-state index contributed by atoms with van der Waals surface area (Å²) >= 11 is 0. The summed E-state index contributed by atoms with van der Waals surface area (Å²) in [4.78, 5) is 0. The van der Waals surface area contributed by atoms with E-state index in [0.717, 1.165) is 18.6 Å². The average Bonchev–Trinajstić information content (AvgIpc) is 2.36. The average molecular weight is 231 g/mol. The number of ether oxygens (including phenoxy) is 1. The molecule has 1 aromatic carbocycles. The molecule has 1 aromatic rings. The van der Waals surface area contributed by atoms with E-state index >= 15 is 0 Å². The Morgan fingerprint density at radius 3 is 2.59 bits per heavy atom. The second-order valence-electron chi connectivity index (χ2n) is 4.06. The van der Waals surface area contributed by atoms with Gasteiger partial charge in [-0.05, 0) is 45.0 Å². The summed E-state index contributed by atoms with van der Waals surface area (Å²) in [5, 5.41) is 3.23. The van der Waals surface area contributed by atoms with Gasteiger partial charge in [-0.25, -0.2) is 0 Å². The predicted octanol–water partition coefficient (Wildman–Crippen LogP) is 2.63. The van der Waals surface area contributed by atoms with E-state index in [1.807, 2.05) is 26.1 Å². The molecule has 0 spiro atoms. The standard InChI is InChI=1S/C15H21NO/c1-4-5-6-11-17-15-9-7-14(8-10-15)12-13(2)16-3/h7-10,13,16H,6,11-12H2,1-3H3. The summed E-state index contributed by atoms with van der Waals surface area (Å²) in [5.41, 5.74) is 1.33. The van der Waals surface area contributed by atoms with E-state index in [1.54, 1.807) is 0 Å². The molecule has 1 rings (SSSR count). The first kappa shape index (κ1) is 13.6. The second-order valence-corrected chi connectivity index (χ2v) is 4.06. The van der Waals surface area contributed by atoms with Gasteiger partial charge in [0.15, 0.2) is 0 Å². The lowest BCUT2D eigenvalue weighted by Crippen LogP contribution is -2.23. The Labute approximate surface area is 104 Å². The Kier molecular flexibility index (Phi) is 6.21. The minimum Gasteiger partial charge on any atom is -0.493 e. The fraction of sp³-hybridized carbons (Fsp3) is 0.467. The van der Waals surface area contributed by atoms with Crippen molar-refractivity contribution in [1.29, 1.82) is 0 Å². The lowest BCUT2D eigenvalue weighted by molar-refractivity contribution is 0.327. The lowest BCUT2D eigenvalue weighted by Gasteiger charge is -2.10. The molecule has 1 atom stereocenters. The summed E-state index contributed by atoms with van der Waals surface area (Å²) in [6.45, 7) is 4.68. The fourth-order valence-electron chi connectivity index (χ4n) is 1.52. The molecule has 92 valence electrons. The number of hydrogen-bond donors (Lipinski definition) is 1. The van der Waals surface area contributed by atoms with Crippen LogP contribution in [0.1, 0.15) is 25.8 Å². The molecule has 1 unspecified atom stereocenters. The van der Waals surface area contributed by atoms with Crippen LogP contribution in [0.2, 0.25) is 0 Å². The van der Waals surface area contributed by atoms with Crippen molar-refractivity contribution in [2.75, 3.05) is 13.7 Å². The molecule has 2 nitrogen and oxygen atoms in total. The van der Waals surface area contributed by atoms with E-state index in [1.165, 1.54) is 5.56 Å². The van der Waals surface area contributed by atoms with Crippen LogP contribution in [0.5, 0.6) is 5.75 Å². The molecule has 0 fully saturated rings. The maximum atomic E-state index is 5.58. The Balaban J connectivity index is 2.41. The van der Waals surface area contributed by atoms with Gasteiger partial charge < -0.3 is 10.1 Å². The minimum atomic E-state index is 0.501. The normalized spacial score (nSPS) is 11.5. The Morgan fingerprint density at radius 2 is 2.00 bits per heavy atom. The number of benzene rings is 1. The van der Waals surface area contributed by atoms with Crippen LogP contribution in [-0.2, 0) is 6.42 Å². The second kappa shape index (κ2) is 7.76. The van der Waals surface area contributed by atoms with Crippen molar-refractivity contribution in [3.8, 4) is 17.6 Å². The third-order valence-electron chi connectivity index (χ3n) is 2.63. The van der Waals surface area contributed by atoms with Crippen LogP contribution in [0.3, 0.4) is 0 Å². The maximum Gasteiger partial charge on any atom is 0.119 e. The molecule has 0 saturated carbocycles. The van der Waals surface area contributed by atoms with E-state index < -0.39 is 0 Å². The summed E-state index contributed by atoms with van der Waals surface area (Å²) in [6.07, 6.45) is 1.83. The van der Waals surface area contributed by atoms with Gasteiger partial charge >= 0.3 is 0 Å². The quantitative estimate of drug-likeness (QED) is 0.600. The van der Waals surface area contributed by atoms with Gasteiger partial charge in [0.05, 0.1) is 6.61 Å². The third-order valence-corrected chi connectivity index (χ3v) is 2.63. The van der Waals surface area contributed by atoms with Gasteiger partial charge in [-0.1, -0.05) is 12.1 Å². The van der Waals surface area contributed by atoms with Crippen LogP contribution in [0.25, 0.3) is 0 Å². The molecule has 2 heteroatoms. The first-order valence-corrected chi connectivity index (χ1v) is 6.05. The lowest BCUT2D eigenvalue weighted by atomic mass is 10.1. The topological polar surface area (TPSA) is 21.3 Å². The van der Waals surface area contributed by atoms with Gasteiger partial charge in [-0.15, -0.1) is 11.8 Å². The first-order valence-electron chi connectivity index (χ1n) is 6.05. The smallest absolute Gasteiger partial charge is 0.119 e. The molecular formula is C15H21NO. The molecular weight excluding hydrogens is 210 g/mol. The molecule has 0 aliphatic rings. The van der Waals surface area contributed by atoms with Gasteiger partial charge in [0.2, 0.25) is 0 Å². The highest BCUT2D eigenvalue weighted by Crippen LogP contribution is 2.13. The SMILES string of the molecule is CC#CCCOc1ccc(CC(C)NC)cc1. The van der Waals surface area contributed by atoms with Crippen LogP contribution in [0, 0.1) is 11.8 Å². The molecule has 0 aliphatic heterocycles. The van der Waals surface area contributed by atoms with Gasteiger partial charge in [0.1, 0.15) is 5.75 Å². The highest BCUT2D eigenvalue weighted by molar-refractivity contribution is 5.27. The van der Waals surface area contributed by atoms with E-state index in [-0.39, 0.29) is 0 Å². The van der Waals surface area contributed by atoms with Crippen molar-refractivity contribution < 1.29 is 4.74 Å². The van der Waals surface area contributed by atoms with Crippen LogP contribution in [0.4, 0.5) is 0 Å². The highest BCUT2D eigenvalue weighted by atomic mass is 16.5.